The van der Waals surface area contributed by atoms with Gasteiger partial charge in [0.25, 0.3) is 5.91 Å². The first kappa shape index (κ1) is 13.3. The molecule has 1 N–H and O–H groups in total. The van der Waals surface area contributed by atoms with Crippen LogP contribution in [0, 0.1) is 6.92 Å². The number of para-hydroxylation sites is 1. The number of hydrogen-bond donors (Lipinski definition) is 1. The van der Waals surface area contributed by atoms with Gasteiger partial charge in [-0.05, 0) is 42.2 Å². The van der Waals surface area contributed by atoms with Gasteiger partial charge in [-0.15, -0.1) is 0 Å². The van der Waals surface area contributed by atoms with E-state index in [-0.39, 0.29) is 5.91 Å². The van der Waals surface area contributed by atoms with Crippen molar-refractivity contribution in [2.75, 3.05) is 5.32 Å². The molecule has 0 aliphatic heterocycles. The zero-order chi connectivity index (χ0) is 13.8. The maximum Gasteiger partial charge on any atom is 0.255 e. The highest BCUT2D eigenvalue weighted by Crippen LogP contribution is 2.17. The number of benzene rings is 2. The van der Waals surface area contributed by atoms with E-state index in [0.29, 0.717) is 11.5 Å². The molecule has 0 aliphatic carbocycles. The van der Waals surface area contributed by atoms with E-state index in [1.807, 2.05) is 55.5 Å². The fraction of sp³-hybridized carbons (Fsp3) is 0.235. The Morgan fingerprint density at radius 2 is 1.63 bits per heavy atom. The Hall–Kier alpha value is -2.09. The summed E-state index contributed by atoms with van der Waals surface area (Å²) in [5, 5.41) is 2.94. The molecule has 0 radical (unpaired) electrons. The van der Waals surface area contributed by atoms with Crippen LogP contribution in [0.4, 0.5) is 5.69 Å². The summed E-state index contributed by atoms with van der Waals surface area (Å²) in [5.74, 6) is 0.415. The van der Waals surface area contributed by atoms with Gasteiger partial charge in [0.1, 0.15) is 0 Å². The minimum absolute atomic E-state index is 0.0652. The van der Waals surface area contributed by atoms with Crippen molar-refractivity contribution in [1.82, 2.24) is 0 Å². The average molecular weight is 253 g/mol. The predicted octanol–water partition coefficient (Wildman–Crippen LogP) is 4.37. The third-order valence-electron chi connectivity index (χ3n) is 3.23. The molecule has 2 heteroatoms. The molecule has 2 nitrogen and oxygen atoms in total. The fourth-order valence-electron chi connectivity index (χ4n) is 1.93. The van der Waals surface area contributed by atoms with Gasteiger partial charge in [-0.2, -0.15) is 0 Å². The number of nitrogens with one attached hydrogen (secondary N) is 1. The summed E-state index contributed by atoms with van der Waals surface area (Å²) in [6, 6.07) is 15.6. The summed E-state index contributed by atoms with van der Waals surface area (Å²) in [7, 11) is 0. The Morgan fingerprint density at radius 3 is 2.21 bits per heavy atom. The van der Waals surface area contributed by atoms with E-state index in [1.165, 1.54) is 5.56 Å². The molecule has 0 heterocycles. The molecular weight excluding hydrogens is 234 g/mol. The molecule has 0 aliphatic rings. The Morgan fingerprint density at radius 1 is 1.00 bits per heavy atom. The Labute approximate surface area is 114 Å². The van der Waals surface area contributed by atoms with E-state index >= 15 is 0 Å². The van der Waals surface area contributed by atoms with Crippen LogP contribution in [0.1, 0.15) is 41.3 Å². The van der Waals surface area contributed by atoms with Crippen molar-refractivity contribution in [2.24, 2.45) is 0 Å². The van der Waals surface area contributed by atoms with E-state index in [9.17, 15) is 4.79 Å². The summed E-state index contributed by atoms with van der Waals surface area (Å²) in [5.41, 5.74) is 3.86. The number of carbonyl (C=O) groups is 1. The summed E-state index contributed by atoms with van der Waals surface area (Å²) in [6.07, 6.45) is 0. The van der Waals surface area contributed by atoms with Gasteiger partial charge in [-0.25, -0.2) is 0 Å². The molecule has 98 valence electrons. The number of anilines is 1. The number of amides is 1. The number of rotatable bonds is 3. The minimum atomic E-state index is -0.0652. The van der Waals surface area contributed by atoms with Crippen LogP contribution in [-0.4, -0.2) is 5.91 Å². The molecule has 2 rings (SSSR count). The maximum absolute atomic E-state index is 12.1. The Bertz CT molecular complexity index is 570. The van der Waals surface area contributed by atoms with E-state index in [2.05, 4.69) is 19.2 Å². The van der Waals surface area contributed by atoms with E-state index < -0.39 is 0 Å². The quantitative estimate of drug-likeness (QED) is 0.864. The average Bonchev–Trinajstić information content (AvgIpc) is 2.41. The molecule has 0 saturated carbocycles. The Balaban J connectivity index is 2.14. The normalized spacial score (nSPS) is 10.5. The molecule has 0 unspecified atom stereocenters. The van der Waals surface area contributed by atoms with Gasteiger partial charge < -0.3 is 5.32 Å². The highest BCUT2D eigenvalue weighted by molar-refractivity contribution is 6.04. The topological polar surface area (TPSA) is 29.1 Å². The van der Waals surface area contributed by atoms with Crippen LogP contribution in [0.2, 0.25) is 0 Å². The second-order valence-corrected chi connectivity index (χ2v) is 5.05. The number of carbonyl (C=O) groups excluding carboxylic acids is 1. The molecule has 2 aromatic rings. The fourth-order valence-corrected chi connectivity index (χ4v) is 1.93. The molecule has 2 aromatic carbocycles. The van der Waals surface area contributed by atoms with Gasteiger partial charge in [0.05, 0.1) is 0 Å². The van der Waals surface area contributed by atoms with Crippen molar-refractivity contribution in [3.63, 3.8) is 0 Å². The summed E-state index contributed by atoms with van der Waals surface area (Å²) in [6.45, 7) is 6.27. The second kappa shape index (κ2) is 5.70. The van der Waals surface area contributed by atoms with Crippen LogP contribution in [0.5, 0.6) is 0 Å². The van der Waals surface area contributed by atoms with Crippen LogP contribution in [0.3, 0.4) is 0 Å². The standard InChI is InChI=1S/C17H19NO/c1-12(2)14-8-10-15(11-9-14)17(19)18-16-7-5-4-6-13(16)3/h4-12H,1-3H3,(H,18,19). The minimum Gasteiger partial charge on any atom is -0.322 e. The molecule has 19 heavy (non-hydrogen) atoms. The predicted molar refractivity (Wildman–Crippen MR) is 79.7 cm³/mol. The maximum atomic E-state index is 12.1. The molecule has 0 aromatic heterocycles. The first-order valence-corrected chi connectivity index (χ1v) is 6.55. The van der Waals surface area contributed by atoms with Crippen LogP contribution in [-0.2, 0) is 0 Å². The van der Waals surface area contributed by atoms with Gasteiger partial charge >= 0.3 is 0 Å². The zero-order valence-corrected chi connectivity index (χ0v) is 11.6. The molecule has 0 spiro atoms. The summed E-state index contributed by atoms with van der Waals surface area (Å²) in [4.78, 5) is 12.1. The first-order valence-electron chi connectivity index (χ1n) is 6.55. The molecule has 0 bridgehead atoms. The highest BCUT2D eigenvalue weighted by atomic mass is 16.1. The molecule has 0 saturated heterocycles. The van der Waals surface area contributed by atoms with Crippen LogP contribution in [0.15, 0.2) is 48.5 Å². The second-order valence-electron chi connectivity index (χ2n) is 5.05. The highest BCUT2D eigenvalue weighted by Gasteiger charge is 2.07. The number of aryl methyl sites for hydroxylation is 1. The van der Waals surface area contributed by atoms with Crippen molar-refractivity contribution < 1.29 is 4.79 Å². The van der Waals surface area contributed by atoms with Gasteiger partial charge in [-0.3, -0.25) is 4.79 Å². The lowest BCUT2D eigenvalue weighted by Crippen LogP contribution is -2.12. The van der Waals surface area contributed by atoms with E-state index in [1.54, 1.807) is 0 Å². The van der Waals surface area contributed by atoms with Gasteiger partial charge in [0.2, 0.25) is 0 Å². The molecule has 0 fully saturated rings. The van der Waals surface area contributed by atoms with Gasteiger partial charge in [0, 0.05) is 11.3 Å². The van der Waals surface area contributed by atoms with Crippen LogP contribution in [0.25, 0.3) is 0 Å². The van der Waals surface area contributed by atoms with E-state index in [4.69, 9.17) is 0 Å². The van der Waals surface area contributed by atoms with Gasteiger partial charge in [0.15, 0.2) is 0 Å². The lowest BCUT2D eigenvalue weighted by Gasteiger charge is -2.09. The van der Waals surface area contributed by atoms with Crippen molar-refractivity contribution in [3.05, 3.63) is 65.2 Å². The van der Waals surface area contributed by atoms with Gasteiger partial charge in [-0.1, -0.05) is 44.2 Å². The first-order chi connectivity index (χ1) is 9.08. The van der Waals surface area contributed by atoms with E-state index in [0.717, 1.165) is 11.3 Å². The lowest BCUT2D eigenvalue weighted by atomic mass is 10.0. The lowest BCUT2D eigenvalue weighted by molar-refractivity contribution is 0.102. The monoisotopic (exact) mass is 253 g/mol. The van der Waals surface area contributed by atoms with Crippen molar-refractivity contribution in [3.8, 4) is 0 Å². The zero-order valence-electron chi connectivity index (χ0n) is 11.6. The van der Waals surface area contributed by atoms with Crippen LogP contribution < -0.4 is 5.32 Å². The SMILES string of the molecule is Cc1ccccc1NC(=O)c1ccc(C(C)C)cc1. The van der Waals surface area contributed by atoms with Crippen molar-refractivity contribution >= 4 is 11.6 Å². The third kappa shape index (κ3) is 3.22. The largest absolute Gasteiger partial charge is 0.322 e. The Kier molecular flexibility index (Phi) is 4.00. The van der Waals surface area contributed by atoms with Crippen LogP contribution >= 0.6 is 0 Å². The molecular formula is C17H19NO. The molecule has 1 amide bonds. The summed E-state index contributed by atoms with van der Waals surface area (Å²) < 4.78 is 0. The third-order valence-corrected chi connectivity index (χ3v) is 3.23. The number of hydrogen-bond acceptors (Lipinski definition) is 1. The molecule has 0 atom stereocenters. The van der Waals surface area contributed by atoms with Crippen molar-refractivity contribution in [2.45, 2.75) is 26.7 Å². The smallest absolute Gasteiger partial charge is 0.255 e. The van der Waals surface area contributed by atoms with Crippen molar-refractivity contribution in [1.29, 1.82) is 0 Å². The summed E-state index contributed by atoms with van der Waals surface area (Å²) >= 11 is 0.